The second-order valence-corrected chi connectivity index (χ2v) is 11.1. The fraction of sp³-hybridized carbons (Fsp3) is 0.870. The van der Waals surface area contributed by atoms with Crippen LogP contribution in [0.4, 0.5) is 0 Å². The Hall–Kier alpha value is -1.71. The summed E-state index contributed by atoms with van der Waals surface area (Å²) in [6.07, 6.45) is -0.143. The zero-order valence-electron chi connectivity index (χ0n) is 21.2. The lowest BCUT2D eigenvalue weighted by Gasteiger charge is -2.50. The summed E-state index contributed by atoms with van der Waals surface area (Å²) < 4.78 is 16.6. The first-order valence-electron chi connectivity index (χ1n) is 10.9. The van der Waals surface area contributed by atoms with E-state index >= 15 is 0 Å². The van der Waals surface area contributed by atoms with Crippen LogP contribution in [0, 0.1) is 16.2 Å². The highest BCUT2D eigenvalue weighted by Gasteiger charge is 2.57. The smallest absolute Gasteiger partial charge is 0.320 e. The minimum atomic E-state index is -1.17. The summed E-state index contributed by atoms with van der Waals surface area (Å²) in [6.45, 7) is 16.7. The fourth-order valence-corrected chi connectivity index (χ4v) is 3.77. The molecule has 0 fully saturated rings. The Labute approximate surface area is 192 Å². The maximum Gasteiger partial charge on any atom is 0.320 e. The standard InChI is InChI=1S/C23H43NO8/c1-20(2,3)23(19(28)29,21(4,5)6)15-31-14-16(13-30-11-10-17(25)26)24-12-18(27)32-22(7,8)9/h16,24H,10-15H2,1-9H3,(H,25,26)(H,28,29). The molecule has 0 aliphatic heterocycles. The minimum Gasteiger partial charge on any atom is -0.481 e. The Kier molecular flexibility index (Phi) is 11.3. The Morgan fingerprint density at radius 1 is 0.844 bits per heavy atom. The summed E-state index contributed by atoms with van der Waals surface area (Å²) in [4.78, 5) is 35.1. The van der Waals surface area contributed by atoms with E-state index in [0.717, 1.165) is 0 Å². The average Bonchev–Trinajstić information content (AvgIpc) is 2.54. The number of nitrogens with one attached hydrogen (secondary N) is 1. The van der Waals surface area contributed by atoms with Crippen LogP contribution in [0.1, 0.15) is 68.7 Å². The maximum atomic E-state index is 12.4. The third kappa shape index (κ3) is 9.83. The number of carbonyl (C=O) groups excluding carboxylic acids is 1. The van der Waals surface area contributed by atoms with Crippen molar-refractivity contribution in [3.8, 4) is 0 Å². The fourth-order valence-electron chi connectivity index (χ4n) is 3.77. The SMILES string of the molecule is CC(C)(C)OC(=O)CNC(COCCC(=O)O)COCC(C(=O)O)(C(C)(C)C)C(C)(C)C. The van der Waals surface area contributed by atoms with Crippen LogP contribution in [0.15, 0.2) is 0 Å². The molecule has 0 amide bonds. The summed E-state index contributed by atoms with van der Waals surface area (Å²) in [6, 6.07) is -0.456. The zero-order valence-corrected chi connectivity index (χ0v) is 21.2. The molecule has 0 saturated heterocycles. The molecule has 0 aromatic heterocycles. The molecule has 0 saturated carbocycles. The molecule has 9 nitrogen and oxygen atoms in total. The lowest BCUT2D eigenvalue weighted by Crippen LogP contribution is -2.56. The molecule has 0 rings (SSSR count). The van der Waals surface area contributed by atoms with Crippen molar-refractivity contribution in [1.82, 2.24) is 5.32 Å². The molecule has 32 heavy (non-hydrogen) atoms. The third-order valence-electron chi connectivity index (χ3n) is 5.30. The van der Waals surface area contributed by atoms with E-state index in [4.69, 9.17) is 19.3 Å². The second-order valence-electron chi connectivity index (χ2n) is 11.1. The van der Waals surface area contributed by atoms with Crippen LogP contribution in [0.25, 0.3) is 0 Å². The molecule has 0 aliphatic carbocycles. The molecular weight excluding hydrogens is 418 g/mol. The predicted octanol–water partition coefficient (Wildman–Crippen LogP) is 2.96. The Bertz CT molecular complexity index is 611. The number of rotatable bonds is 13. The van der Waals surface area contributed by atoms with E-state index in [1.54, 1.807) is 20.8 Å². The van der Waals surface area contributed by atoms with Crippen LogP contribution in [-0.2, 0) is 28.6 Å². The van der Waals surface area contributed by atoms with Gasteiger partial charge >= 0.3 is 17.9 Å². The average molecular weight is 462 g/mol. The lowest BCUT2D eigenvalue weighted by atomic mass is 9.54. The van der Waals surface area contributed by atoms with Gasteiger partial charge < -0.3 is 24.4 Å². The highest BCUT2D eigenvalue weighted by Crippen LogP contribution is 2.52. The van der Waals surface area contributed by atoms with Gasteiger partial charge in [0.2, 0.25) is 0 Å². The maximum absolute atomic E-state index is 12.4. The van der Waals surface area contributed by atoms with E-state index in [1.807, 2.05) is 41.5 Å². The van der Waals surface area contributed by atoms with Crippen LogP contribution >= 0.6 is 0 Å². The van der Waals surface area contributed by atoms with Crippen molar-refractivity contribution in [3.05, 3.63) is 0 Å². The summed E-state index contributed by atoms with van der Waals surface area (Å²) in [5.74, 6) is -2.35. The Balaban J connectivity index is 5.24. The van der Waals surface area contributed by atoms with Gasteiger partial charge in [0.25, 0.3) is 0 Å². The van der Waals surface area contributed by atoms with Gasteiger partial charge in [0.05, 0.1) is 45.4 Å². The number of ether oxygens (including phenoxy) is 3. The van der Waals surface area contributed by atoms with Crippen LogP contribution in [0.2, 0.25) is 0 Å². The van der Waals surface area contributed by atoms with Gasteiger partial charge in [-0.15, -0.1) is 0 Å². The van der Waals surface area contributed by atoms with Crippen molar-refractivity contribution in [2.24, 2.45) is 16.2 Å². The normalized spacial score (nSPS) is 14.2. The van der Waals surface area contributed by atoms with E-state index in [0.29, 0.717) is 0 Å². The van der Waals surface area contributed by atoms with E-state index in [2.05, 4.69) is 5.32 Å². The van der Waals surface area contributed by atoms with Crippen LogP contribution in [-0.4, -0.2) is 72.7 Å². The summed E-state index contributed by atoms with van der Waals surface area (Å²) >= 11 is 0. The van der Waals surface area contributed by atoms with Crippen molar-refractivity contribution >= 4 is 17.9 Å². The highest BCUT2D eigenvalue weighted by atomic mass is 16.6. The molecule has 0 aromatic carbocycles. The van der Waals surface area contributed by atoms with Gasteiger partial charge in [0, 0.05) is 0 Å². The van der Waals surface area contributed by atoms with E-state index in [9.17, 15) is 19.5 Å². The van der Waals surface area contributed by atoms with E-state index < -0.39 is 45.8 Å². The molecule has 0 heterocycles. The van der Waals surface area contributed by atoms with Crippen LogP contribution in [0.5, 0.6) is 0 Å². The topological polar surface area (TPSA) is 131 Å². The number of aliphatic carboxylic acids is 2. The monoisotopic (exact) mass is 461 g/mol. The molecule has 0 bridgehead atoms. The van der Waals surface area contributed by atoms with E-state index in [-0.39, 0.29) is 39.4 Å². The van der Waals surface area contributed by atoms with Gasteiger partial charge in [-0.25, -0.2) is 0 Å². The quantitative estimate of drug-likeness (QED) is 0.280. The lowest BCUT2D eigenvalue weighted by molar-refractivity contribution is -0.179. The number of esters is 1. The largest absolute Gasteiger partial charge is 0.481 e. The molecule has 3 N–H and O–H groups in total. The number of carboxylic acid groups (broad SMARTS) is 2. The van der Waals surface area contributed by atoms with Gasteiger partial charge in [0.1, 0.15) is 11.0 Å². The first kappa shape index (κ1) is 30.3. The molecule has 0 aromatic rings. The number of carbonyl (C=O) groups is 3. The van der Waals surface area contributed by atoms with Crippen LogP contribution in [0.3, 0.4) is 0 Å². The zero-order chi connectivity index (χ0) is 25.4. The molecule has 0 spiro atoms. The number of hydrogen-bond acceptors (Lipinski definition) is 7. The van der Waals surface area contributed by atoms with E-state index in [1.165, 1.54) is 0 Å². The van der Waals surface area contributed by atoms with Gasteiger partial charge in [0.15, 0.2) is 0 Å². The summed E-state index contributed by atoms with van der Waals surface area (Å²) in [5, 5.41) is 21.9. The Morgan fingerprint density at radius 2 is 1.34 bits per heavy atom. The van der Waals surface area contributed by atoms with Gasteiger partial charge in [-0.3, -0.25) is 19.7 Å². The molecule has 188 valence electrons. The molecule has 9 heteroatoms. The second kappa shape index (κ2) is 12.0. The summed E-state index contributed by atoms with van der Waals surface area (Å²) in [7, 11) is 0. The summed E-state index contributed by atoms with van der Waals surface area (Å²) in [5.41, 5.74) is -2.97. The molecular formula is C23H43NO8. The first-order valence-corrected chi connectivity index (χ1v) is 10.9. The highest BCUT2D eigenvalue weighted by molar-refractivity contribution is 5.77. The predicted molar refractivity (Wildman–Crippen MR) is 121 cm³/mol. The van der Waals surface area contributed by atoms with Crippen molar-refractivity contribution in [2.75, 3.05) is 33.0 Å². The minimum absolute atomic E-state index is 0.0169. The van der Waals surface area contributed by atoms with Crippen LogP contribution < -0.4 is 5.32 Å². The Morgan fingerprint density at radius 3 is 1.75 bits per heavy atom. The van der Waals surface area contributed by atoms with Crippen molar-refractivity contribution < 1.29 is 38.8 Å². The van der Waals surface area contributed by atoms with Gasteiger partial charge in [-0.05, 0) is 31.6 Å². The first-order chi connectivity index (χ1) is 14.3. The molecule has 1 unspecified atom stereocenters. The number of carboxylic acids is 2. The van der Waals surface area contributed by atoms with Crippen molar-refractivity contribution in [1.29, 1.82) is 0 Å². The van der Waals surface area contributed by atoms with Gasteiger partial charge in [-0.2, -0.15) is 0 Å². The molecule has 0 aliphatic rings. The molecule has 0 radical (unpaired) electrons. The van der Waals surface area contributed by atoms with Crippen molar-refractivity contribution in [3.63, 3.8) is 0 Å². The number of hydrogen-bond donors (Lipinski definition) is 3. The van der Waals surface area contributed by atoms with Crippen molar-refractivity contribution in [2.45, 2.75) is 80.4 Å². The third-order valence-corrected chi connectivity index (χ3v) is 5.30. The van der Waals surface area contributed by atoms with Gasteiger partial charge in [-0.1, -0.05) is 41.5 Å². The molecule has 1 atom stereocenters.